The van der Waals surface area contributed by atoms with Gasteiger partial charge in [0.05, 0.1) is 6.04 Å². The summed E-state index contributed by atoms with van der Waals surface area (Å²) in [6, 6.07) is 7.92. The van der Waals surface area contributed by atoms with Gasteiger partial charge < -0.3 is 15.4 Å². The van der Waals surface area contributed by atoms with E-state index in [1.807, 2.05) is 25.1 Å². The van der Waals surface area contributed by atoms with E-state index in [4.69, 9.17) is 16.9 Å². The number of rotatable bonds is 9. The fraction of sp³-hybridized carbons (Fsp3) is 0.481. The smallest absolute Gasteiger partial charge is 0.386 e. The Balaban J connectivity index is 0.00000104. The number of para-hydroxylation sites is 1. The second kappa shape index (κ2) is 15.3. The minimum Gasteiger partial charge on any atom is -0.459 e. The second-order valence-corrected chi connectivity index (χ2v) is 8.12. The van der Waals surface area contributed by atoms with E-state index in [1.54, 1.807) is 12.2 Å². The summed E-state index contributed by atoms with van der Waals surface area (Å²) >= 11 is 0. The molecule has 2 rings (SSSR count). The van der Waals surface area contributed by atoms with Crippen molar-refractivity contribution in [1.29, 1.82) is 0 Å². The van der Waals surface area contributed by atoms with Crippen LogP contribution >= 0.6 is 0 Å². The van der Waals surface area contributed by atoms with Crippen LogP contribution < -0.4 is 10.5 Å². The summed E-state index contributed by atoms with van der Waals surface area (Å²) in [5.41, 5.74) is 8.41. The summed E-state index contributed by atoms with van der Waals surface area (Å²) in [6.07, 6.45) is 11.2. The Morgan fingerprint density at radius 2 is 1.85 bits per heavy atom. The van der Waals surface area contributed by atoms with Crippen molar-refractivity contribution in [3.63, 3.8) is 0 Å². The van der Waals surface area contributed by atoms with Crippen LogP contribution in [0.2, 0.25) is 0 Å². The molecule has 188 valence electrons. The number of halogens is 3. The molecule has 0 saturated carbocycles. The number of nitrogens with two attached hydrogens (primary N) is 1. The van der Waals surface area contributed by atoms with Gasteiger partial charge in [0.2, 0.25) is 0 Å². The van der Waals surface area contributed by atoms with Gasteiger partial charge in [-0.3, -0.25) is 4.90 Å². The summed E-state index contributed by atoms with van der Waals surface area (Å²) in [7, 11) is 0. The molecule has 1 aromatic carbocycles. The number of unbranched alkanes of at least 4 members (excludes halogenated alkanes) is 1. The van der Waals surface area contributed by atoms with E-state index in [0.29, 0.717) is 5.76 Å². The van der Waals surface area contributed by atoms with Gasteiger partial charge in [-0.25, -0.2) is 0 Å². The highest BCUT2D eigenvalue weighted by Crippen LogP contribution is 2.31. The molecule has 0 aromatic heterocycles. The molecule has 0 radical (unpaired) electrons. The third kappa shape index (κ3) is 11.4. The molecule has 1 aliphatic rings. The maximum atomic E-state index is 10.4. The van der Waals surface area contributed by atoms with E-state index in [1.165, 1.54) is 25.1 Å². The average molecular weight is 478 g/mol. The predicted octanol–water partition coefficient (Wildman–Crippen LogP) is 5.83. The largest absolute Gasteiger partial charge is 0.459 e. The zero-order valence-electron chi connectivity index (χ0n) is 20.7. The highest BCUT2D eigenvalue weighted by atomic mass is 19.4. The Kier molecular flexibility index (Phi) is 13.2. The fourth-order valence-electron chi connectivity index (χ4n) is 3.47. The Morgan fingerprint density at radius 1 is 1.24 bits per heavy atom. The molecule has 0 amide bonds. The molecule has 0 aliphatic carbocycles. The number of benzene rings is 1. The number of alkyl halides is 3. The van der Waals surface area contributed by atoms with Crippen LogP contribution in [0.4, 0.5) is 13.2 Å². The molecule has 1 heterocycles. The topological polar surface area (TPSA) is 41.7 Å². The Hall–Kier alpha value is -2.69. The molecular formula is C27H38F3N3O. The van der Waals surface area contributed by atoms with Gasteiger partial charge in [0.15, 0.2) is 0 Å². The molecular weight excluding hydrogens is 439 g/mol. The van der Waals surface area contributed by atoms with Gasteiger partial charge in [0.1, 0.15) is 11.5 Å². The van der Waals surface area contributed by atoms with Crippen molar-refractivity contribution in [3.8, 4) is 18.1 Å². The van der Waals surface area contributed by atoms with Crippen LogP contribution in [0.3, 0.4) is 0 Å². The maximum absolute atomic E-state index is 10.4. The monoisotopic (exact) mass is 477 g/mol. The molecule has 0 bridgehead atoms. The third-order valence-corrected chi connectivity index (χ3v) is 5.11. The highest BCUT2D eigenvalue weighted by molar-refractivity contribution is 5.69. The predicted molar refractivity (Wildman–Crippen MR) is 135 cm³/mol. The molecule has 1 atom stereocenters. The van der Waals surface area contributed by atoms with E-state index in [0.717, 1.165) is 37.5 Å². The van der Waals surface area contributed by atoms with Crippen molar-refractivity contribution < 1.29 is 17.9 Å². The number of terminal acetylenes is 1. The van der Waals surface area contributed by atoms with Crippen molar-refractivity contribution in [2.45, 2.75) is 52.8 Å². The molecule has 1 saturated heterocycles. The van der Waals surface area contributed by atoms with Crippen molar-refractivity contribution in [2.75, 3.05) is 32.7 Å². The molecule has 4 nitrogen and oxygen atoms in total. The molecule has 0 spiro atoms. The van der Waals surface area contributed by atoms with E-state index < -0.39 is 6.18 Å². The van der Waals surface area contributed by atoms with E-state index in [9.17, 15) is 13.2 Å². The molecule has 1 fully saturated rings. The van der Waals surface area contributed by atoms with Crippen molar-refractivity contribution in [3.05, 3.63) is 59.9 Å². The van der Waals surface area contributed by atoms with Gasteiger partial charge in [0.25, 0.3) is 0 Å². The van der Waals surface area contributed by atoms with Crippen LogP contribution in [0, 0.1) is 12.3 Å². The maximum Gasteiger partial charge on any atom is 0.386 e. The molecule has 1 unspecified atom stereocenters. The van der Waals surface area contributed by atoms with Crippen molar-refractivity contribution >= 4 is 5.70 Å². The van der Waals surface area contributed by atoms with Crippen molar-refractivity contribution in [2.24, 2.45) is 5.73 Å². The van der Waals surface area contributed by atoms with Gasteiger partial charge in [-0.1, -0.05) is 43.5 Å². The molecule has 2 N–H and O–H groups in total. The fourth-order valence-corrected chi connectivity index (χ4v) is 3.47. The van der Waals surface area contributed by atoms with Crippen LogP contribution in [-0.4, -0.2) is 54.7 Å². The lowest BCUT2D eigenvalue weighted by atomic mass is 10.1. The summed E-state index contributed by atoms with van der Waals surface area (Å²) < 4.78 is 37.3. The number of piperazine rings is 1. The molecule has 34 heavy (non-hydrogen) atoms. The van der Waals surface area contributed by atoms with Crippen LogP contribution in [0.15, 0.2) is 54.3 Å². The number of hydrogen-bond acceptors (Lipinski definition) is 4. The Labute approximate surface area is 202 Å². The van der Waals surface area contributed by atoms with Crippen LogP contribution in [-0.2, 0) is 0 Å². The summed E-state index contributed by atoms with van der Waals surface area (Å²) in [6.45, 7) is 11.9. The lowest BCUT2D eigenvalue weighted by molar-refractivity contribution is -0.110. The van der Waals surface area contributed by atoms with E-state index in [2.05, 4.69) is 47.8 Å². The molecule has 1 aliphatic heterocycles. The quantitative estimate of drug-likeness (QED) is 0.276. The first-order valence-electron chi connectivity index (χ1n) is 11.7. The minimum absolute atomic E-state index is 0.188. The number of hydrogen-bond donors (Lipinski definition) is 1. The van der Waals surface area contributed by atoms with Crippen LogP contribution in [0.1, 0.15) is 46.1 Å². The number of ether oxygens (including phenoxy) is 1. The van der Waals surface area contributed by atoms with Gasteiger partial charge in [-0.2, -0.15) is 13.2 Å². The molecule has 1 aromatic rings. The minimum atomic E-state index is -4.00. The first-order valence-corrected chi connectivity index (χ1v) is 11.7. The standard InChI is InChI=1S/C25H35N3O.C2H3F3/c1-5-8-10-14-24(21(4)26)29-25-15-12-11-13-22(25)23(7-3)28-19-17-27(18-20-28)16-9-6-2;1-2(3,4)5/h1,7-8,10-15,21H,6,9,16-20,26H2,2-4H3;1H3/b10-8-,23-7+,24-14+;. The van der Waals surface area contributed by atoms with Gasteiger partial charge in [0, 0.05) is 44.4 Å². The first kappa shape index (κ1) is 29.3. The van der Waals surface area contributed by atoms with E-state index in [-0.39, 0.29) is 13.0 Å². The zero-order valence-corrected chi connectivity index (χ0v) is 20.7. The van der Waals surface area contributed by atoms with Crippen LogP contribution in [0.5, 0.6) is 5.75 Å². The lowest BCUT2D eigenvalue weighted by Gasteiger charge is -2.37. The SMILES string of the molecule is C#C/C=C\C=C(\Oc1ccccc1/C(=C\C)N1CCN(CCCC)CC1)C(C)N.CC(F)(F)F. The highest BCUT2D eigenvalue weighted by Gasteiger charge is 2.21. The molecule has 7 heteroatoms. The summed E-state index contributed by atoms with van der Waals surface area (Å²) in [5, 5.41) is 0. The Bertz CT molecular complexity index is 853. The number of nitrogens with zero attached hydrogens (tertiary/aromatic N) is 2. The van der Waals surface area contributed by atoms with Gasteiger partial charge in [-0.05, 0) is 51.1 Å². The van der Waals surface area contributed by atoms with E-state index >= 15 is 0 Å². The van der Waals surface area contributed by atoms with Crippen molar-refractivity contribution in [1.82, 2.24) is 9.80 Å². The lowest BCUT2D eigenvalue weighted by Crippen LogP contribution is -2.45. The van der Waals surface area contributed by atoms with Gasteiger partial charge >= 0.3 is 6.18 Å². The normalized spacial score (nSPS) is 16.6. The summed E-state index contributed by atoms with van der Waals surface area (Å²) in [4.78, 5) is 5.02. The third-order valence-electron chi connectivity index (χ3n) is 5.11. The second-order valence-electron chi connectivity index (χ2n) is 8.12. The average Bonchev–Trinajstić information content (AvgIpc) is 2.78. The number of allylic oxidation sites excluding steroid dienone is 4. The Morgan fingerprint density at radius 3 is 2.38 bits per heavy atom. The summed E-state index contributed by atoms with van der Waals surface area (Å²) in [5.74, 6) is 3.98. The van der Waals surface area contributed by atoms with Gasteiger partial charge in [-0.15, -0.1) is 6.42 Å². The van der Waals surface area contributed by atoms with Crippen LogP contribution in [0.25, 0.3) is 5.70 Å². The zero-order chi connectivity index (χ0) is 25.6. The first-order chi connectivity index (χ1) is 16.1.